The Labute approximate surface area is 105 Å². The van der Waals surface area contributed by atoms with E-state index in [2.05, 4.69) is 0 Å². The lowest BCUT2D eigenvalue weighted by Gasteiger charge is -2.20. The number of nitrogens with zero attached hydrogens (tertiary/aromatic N) is 1. The lowest BCUT2D eigenvalue weighted by molar-refractivity contribution is -0.143. The normalized spacial score (nSPS) is 10.0. The molecule has 0 atom stereocenters. The summed E-state index contributed by atoms with van der Waals surface area (Å²) in [5.41, 5.74) is 0.632. The van der Waals surface area contributed by atoms with Gasteiger partial charge in [0.05, 0.1) is 12.2 Å². The standard InChI is InChI=1S/C12H17NO3S/c1-3-6-13(8-11(14)16-4-2)12(15)10-5-7-17-9-10/h5,7,9H,3-4,6,8H2,1-2H3. The Hall–Kier alpha value is -1.36. The summed E-state index contributed by atoms with van der Waals surface area (Å²) in [6.07, 6.45) is 0.815. The van der Waals surface area contributed by atoms with E-state index in [-0.39, 0.29) is 18.4 Å². The molecule has 0 aliphatic heterocycles. The van der Waals surface area contributed by atoms with Gasteiger partial charge in [-0.3, -0.25) is 9.59 Å². The number of thiophene rings is 1. The van der Waals surface area contributed by atoms with Crippen LogP contribution in [-0.2, 0) is 9.53 Å². The van der Waals surface area contributed by atoms with Crippen LogP contribution in [0.3, 0.4) is 0 Å². The summed E-state index contributed by atoms with van der Waals surface area (Å²) >= 11 is 1.47. The van der Waals surface area contributed by atoms with E-state index in [1.54, 1.807) is 18.4 Å². The molecule has 0 aromatic carbocycles. The number of ether oxygens (including phenoxy) is 1. The number of hydrogen-bond donors (Lipinski definition) is 0. The topological polar surface area (TPSA) is 46.6 Å². The molecule has 17 heavy (non-hydrogen) atoms. The summed E-state index contributed by atoms with van der Waals surface area (Å²) in [5.74, 6) is -0.467. The molecule has 0 radical (unpaired) electrons. The number of amides is 1. The average Bonchev–Trinajstić information content (AvgIpc) is 2.81. The van der Waals surface area contributed by atoms with Crippen molar-refractivity contribution in [2.45, 2.75) is 20.3 Å². The summed E-state index contributed by atoms with van der Waals surface area (Å²) in [6, 6.07) is 1.76. The molecule has 4 nitrogen and oxygen atoms in total. The van der Waals surface area contributed by atoms with Gasteiger partial charge in [-0.25, -0.2) is 0 Å². The second-order valence-corrected chi connectivity index (χ2v) is 4.32. The van der Waals surface area contributed by atoms with Crippen LogP contribution in [0.15, 0.2) is 16.8 Å². The van der Waals surface area contributed by atoms with Crippen molar-refractivity contribution < 1.29 is 14.3 Å². The number of carbonyl (C=O) groups excluding carboxylic acids is 2. The van der Waals surface area contributed by atoms with Crippen molar-refractivity contribution >= 4 is 23.2 Å². The molecule has 0 N–H and O–H groups in total. The molecule has 0 aliphatic carbocycles. The molecule has 1 rings (SSSR count). The molecule has 5 heteroatoms. The van der Waals surface area contributed by atoms with E-state index in [1.165, 1.54) is 16.2 Å². The molecule has 1 heterocycles. The first kappa shape index (κ1) is 13.7. The number of carbonyl (C=O) groups is 2. The Morgan fingerprint density at radius 3 is 2.71 bits per heavy atom. The molecule has 1 aromatic rings. The maximum atomic E-state index is 12.1. The predicted octanol–water partition coefficient (Wildman–Crippen LogP) is 2.16. The molecule has 0 fully saturated rings. The molecule has 0 aliphatic rings. The van der Waals surface area contributed by atoms with Crippen LogP contribution in [-0.4, -0.2) is 36.5 Å². The molecule has 1 aromatic heterocycles. The van der Waals surface area contributed by atoms with E-state index >= 15 is 0 Å². The van der Waals surface area contributed by atoms with Crippen molar-refractivity contribution in [3.63, 3.8) is 0 Å². The van der Waals surface area contributed by atoms with Crippen molar-refractivity contribution in [2.75, 3.05) is 19.7 Å². The molecule has 0 saturated carbocycles. The molecular weight excluding hydrogens is 238 g/mol. The van der Waals surface area contributed by atoms with Gasteiger partial charge in [0.15, 0.2) is 0 Å². The quantitative estimate of drug-likeness (QED) is 0.732. The van der Waals surface area contributed by atoms with Crippen molar-refractivity contribution in [1.82, 2.24) is 4.90 Å². The summed E-state index contributed by atoms with van der Waals surface area (Å²) in [4.78, 5) is 25.0. The van der Waals surface area contributed by atoms with Gasteiger partial charge >= 0.3 is 5.97 Å². The molecule has 0 spiro atoms. The van der Waals surface area contributed by atoms with Gasteiger partial charge in [-0.2, -0.15) is 11.3 Å². The Balaban J connectivity index is 2.65. The van der Waals surface area contributed by atoms with E-state index < -0.39 is 0 Å². The Kier molecular flexibility index (Phi) is 5.69. The lowest BCUT2D eigenvalue weighted by atomic mass is 10.2. The summed E-state index contributed by atoms with van der Waals surface area (Å²) in [6.45, 7) is 4.65. The SMILES string of the molecule is CCCN(CC(=O)OCC)C(=O)c1ccsc1. The van der Waals surface area contributed by atoms with Gasteiger partial charge in [0.2, 0.25) is 0 Å². The third-order valence-electron chi connectivity index (χ3n) is 2.17. The molecule has 0 saturated heterocycles. The first-order chi connectivity index (χ1) is 8.19. The van der Waals surface area contributed by atoms with E-state index in [4.69, 9.17) is 4.74 Å². The van der Waals surface area contributed by atoms with Crippen LogP contribution in [0.4, 0.5) is 0 Å². The largest absolute Gasteiger partial charge is 0.465 e. The number of rotatable bonds is 6. The fourth-order valence-corrected chi connectivity index (χ4v) is 2.08. The van der Waals surface area contributed by atoms with Crippen molar-refractivity contribution in [3.05, 3.63) is 22.4 Å². The van der Waals surface area contributed by atoms with Gasteiger partial charge in [0, 0.05) is 11.9 Å². The smallest absolute Gasteiger partial charge is 0.325 e. The zero-order valence-corrected chi connectivity index (χ0v) is 11.0. The molecule has 1 amide bonds. The second kappa shape index (κ2) is 7.06. The number of hydrogen-bond acceptors (Lipinski definition) is 4. The van der Waals surface area contributed by atoms with Crippen LogP contribution in [0, 0.1) is 0 Å². The van der Waals surface area contributed by atoms with Crippen LogP contribution >= 0.6 is 11.3 Å². The minimum Gasteiger partial charge on any atom is -0.465 e. The monoisotopic (exact) mass is 255 g/mol. The van der Waals surface area contributed by atoms with Gasteiger partial charge in [-0.1, -0.05) is 6.92 Å². The van der Waals surface area contributed by atoms with Crippen LogP contribution in [0.2, 0.25) is 0 Å². The van der Waals surface area contributed by atoms with Crippen molar-refractivity contribution in [1.29, 1.82) is 0 Å². The van der Waals surface area contributed by atoms with E-state index in [0.29, 0.717) is 18.7 Å². The van der Waals surface area contributed by atoms with Gasteiger partial charge in [-0.15, -0.1) is 0 Å². The highest BCUT2D eigenvalue weighted by molar-refractivity contribution is 7.08. The third-order valence-corrected chi connectivity index (χ3v) is 2.86. The molecule has 0 bridgehead atoms. The highest BCUT2D eigenvalue weighted by Crippen LogP contribution is 2.10. The molecular formula is C12H17NO3S. The van der Waals surface area contributed by atoms with Crippen molar-refractivity contribution in [3.8, 4) is 0 Å². The van der Waals surface area contributed by atoms with Gasteiger partial charge in [0.1, 0.15) is 6.54 Å². The van der Waals surface area contributed by atoms with Gasteiger partial charge in [0.25, 0.3) is 5.91 Å². The maximum Gasteiger partial charge on any atom is 0.325 e. The summed E-state index contributed by atoms with van der Waals surface area (Å²) in [5, 5.41) is 3.64. The fourth-order valence-electron chi connectivity index (χ4n) is 1.45. The summed E-state index contributed by atoms with van der Waals surface area (Å²) < 4.78 is 4.86. The summed E-state index contributed by atoms with van der Waals surface area (Å²) in [7, 11) is 0. The first-order valence-electron chi connectivity index (χ1n) is 5.66. The zero-order valence-electron chi connectivity index (χ0n) is 10.1. The highest BCUT2D eigenvalue weighted by atomic mass is 32.1. The van der Waals surface area contributed by atoms with Crippen molar-refractivity contribution in [2.24, 2.45) is 0 Å². The predicted molar refractivity (Wildman–Crippen MR) is 67.1 cm³/mol. The van der Waals surface area contributed by atoms with Crippen LogP contribution in [0.25, 0.3) is 0 Å². The molecule has 94 valence electrons. The fraction of sp³-hybridized carbons (Fsp3) is 0.500. The van der Waals surface area contributed by atoms with E-state index in [1.807, 2.05) is 12.3 Å². The zero-order chi connectivity index (χ0) is 12.7. The van der Waals surface area contributed by atoms with Crippen LogP contribution in [0.1, 0.15) is 30.6 Å². The van der Waals surface area contributed by atoms with Gasteiger partial charge < -0.3 is 9.64 Å². The maximum absolute atomic E-state index is 12.1. The highest BCUT2D eigenvalue weighted by Gasteiger charge is 2.18. The third kappa shape index (κ3) is 4.19. The first-order valence-corrected chi connectivity index (χ1v) is 6.60. The van der Waals surface area contributed by atoms with E-state index in [9.17, 15) is 9.59 Å². The Morgan fingerprint density at radius 2 is 2.18 bits per heavy atom. The minimum atomic E-state index is -0.357. The van der Waals surface area contributed by atoms with Crippen LogP contribution in [0.5, 0.6) is 0 Å². The Morgan fingerprint density at radius 1 is 1.41 bits per heavy atom. The lowest BCUT2D eigenvalue weighted by Crippen LogP contribution is -2.36. The second-order valence-electron chi connectivity index (χ2n) is 3.54. The van der Waals surface area contributed by atoms with Crippen LogP contribution < -0.4 is 0 Å². The average molecular weight is 255 g/mol. The number of esters is 1. The van der Waals surface area contributed by atoms with Gasteiger partial charge in [-0.05, 0) is 24.8 Å². The van der Waals surface area contributed by atoms with E-state index in [0.717, 1.165) is 6.42 Å². The molecule has 0 unspecified atom stereocenters. The minimum absolute atomic E-state index is 0.0242. The Bertz CT molecular complexity index is 362.